The Kier molecular flexibility index (Phi) is 3.87. The van der Waals surface area contributed by atoms with Gasteiger partial charge in [-0.3, -0.25) is 0 Å². The molecule has 0 bridgehead atoms. The van der Waals surface area contributed by atoms with E-state index in [1.54, 1.807) is 24.3 Å². The van der Waals surface area contributed by atoms with Crippen molar-refractivity contribution in [3.63, 3.8) is 0 Å². The number of hydrogen-bond acceptors (Lipinski definition) is 5. The van der Waals surface area contributed by atoms with Crippen LogP contribution in [0.3, 0.4) is 0 Å². The summed E-state index contributed by atoms with van der Waals surface area (Å²) in [6, 6.07) is 6.69. The van der Waals surface area contributed by atoms with Crippen molar-refractivity contribution in [2.75, 3.05) is 13.3 Å². The molecule has 0 aliphatic carbocycles. The first kappa shape index (κ1) is 13.6. The van der Waals surface area contributed by atoms with Gasteiger partial charge in [0.15, 0.2) is 17.3 Å². The third kappa shape index (κ3) is 2.90. The van der Waals surface area contributed by atoms with E-state index in [4.69, 9.17) is 14.2 Å². The van der Waals surface area contributed by atoms with Gasteiger partial charge in [0.25, 0.3) is 5.88 Å². The highest BCUT2D eigenvalue weighted by Gasteiger charge is 2.16. The molecule has 0 spiro atoms. The highest BCUT2D eigenvalue weighted by Crippen LogP contribution is 2.36. The lowest BCUT2D eigenvalue weighted by atomic mass is 10.2. The quantitative estimate of drug-likeness (QED) is 0.917. The molecule has 1 N–H and O–H groups in total. The molecule has 3 rings (SSSR count). The van der Waals surface area contributed by atoms with Crippen LogP contribution in [0.5, 0.6) is 23.1 Å². The summed E-state index contributed by atoms with van der Waals surface area (Å²) in [7, 11) is 0. The maximum absolute atomic E-state index is 14.3. The summed E-state index contributed by atoms with van der Waals surface area (Å²) >= 11 is 0. The lowest BCUT2D eigenvalue weighted by molar-refractivity contribution is 0.174. The fourth-order valence-corrected chi connectivity index (χ4v) is 1.98. The van der Waals surface area contributed by atoms with Crippen LogP contribution >= 0.6 is 0 Å². The van der Waals surface area contributed by atoms with Gasteiger partial charge in [-0.2, -0.15) is 0 Å². The number of halogens is 1. The summed E-state index contributed by atoms with van der Waals surface area (Å²) in [5, 5.41) is 3.07. The van der Waals surface area contributed by atoms with E-state index in [0.717, 1.165) is 6.54 Å². The molecule has 1 aliphatic heterocycles. The number of fused-ring (bicyclic) bond motifs is 1. The summed E-state index contributed by atoms with van der Waals surface area (Å²) in [4.78, 5) is 3.94. The number of nitrogens with zero attached hydrogens (tertiary/aromatic N) is 1. The topological polar surface area (TPSA) is 52.6 Å². The normalized spacial score (nSPS) is 12.5. The minimum absolute atomic E-state index is 0.0516. The van der Waals surface area contributed by atoms with Gasteiger partial charge in [0.05, 0.1) is 0 Å². The third-order valence-electron chi connectivity index (χ3n) is 3.06. The van der Waals surface area contributed by atoms with E-state index in [-0.39, 0.29) is 12.7 Å². The van der Waals surface area contributed by atoms with Gasteiger partial charge in [0.2, 0.25) is 6.79 Å². The summed E-state index contributed by atoms with van der Waals surface area (Å²) in [6.45, 7) is 3.34. The fraction of sp³-hybridized carbons (Fsp3) is 0.267. The van der Waals surface area contributed by atoms with Crippen molar-refractivity contribution in [1.82, 2.24) is 10.3 Å². The van der Waals surface area contributed by atoms with Gasteiger partial charge >= 0.3 is 0 Å². The van der Waals surface area contributed by atoms with Gasteiger partial charge in [-0.15, -0.1) is 0 Å². The largest absolute Gasteiger partial charge is 0.454 e. The van der Waals surface area contributed by atoms with Crippen LogP contribution in [0.1, 0.15) is 12.5 Å². The highest BCUT2D eigenvalue weighted by molar-refractivity contribution is 5.47. The molecule has 2 aromatic rings. The predicted octanol–water partition coefficient (Wildman–Crippen LogP) is 2.85. The van der Waals surface area contributed by atoms with Gasteiger partial charge in [0.1, 0.15) is 5.75 Å². The summed E-state index contributed by atoms with van der Waals surface area (Å²) in [6.07, 6.45) is 1.53. The second-order valence-electron chi connectivity index (χ2n) is 4.49. The average Bonchev–Trinajstić information content (AvgIpc) is 2.96. The number of hydrogen-bond donors (Lipinski definition) is 1. The predicted molar refractivity (Wildman–Crippen MR) is 74.2 cm³/mol. The first-order valence-corrected chi connectivity index (χ1v) is 6.69. The van der Waals surface area contributed by atoms with Crippen LogP contribution in [0.2, 0.25) is 0 Å². The first-order chi connectivity index (χ1) is 10.3. The van der Waals surface area contributed by atoms with E-state index in [1.807, 2.05) is 6.92 Å². The van der Waals surface area contributed by atoms with Crippen LogP contribution in [0.25, 0.3) is 0 Å². The van der Waals surface area contributed by atoms with Gasteiger partial charge in [-0.25, -0.2) is 9.37 Å². The SMILES string of the molecule is CCNCc1ccnc(Oc2ccc3c(c2)OCO3)c1F. The van der Waals surface area contributed by atoms with E-state index >= 15 is 0 Å². The molecule has 0 radical (unpaired) electrons. The Morgan fingerprint density at radius 3 is 3.00 bits per heavy atom. The van der Waals surface area contributed by atoms with Crippen molar-refractivity contribution in [2.24, 2.45) is 0 Å². The molecule has 2 heterocycles. The molecule has 6 heteroatoms. The molecular weight excluding hydrogens is 275 g/mol. The van der Waals surface area contributed by atoms with Gasteiger partial charge in [0, 0.05) is 24.4 Å². The zero-order valence-electron chi connectivity index (χ0n) is 11.6. The number of rotatable bonds is 5. The van der Waals surface area contributed by atoms with Crippen molar-refractivity contribution in [3.8, 4) is 23.1 Å². The lowest BCUT2D eigenvalue weighted by Crippen LogP contribution is -2.13. The van der Waals surface area contributed by atoms with E-state index < -0.39 is 5.82 Å². The number of aromatic nitrogens is 1. The van der Waals surface area contributed by atoms with Gasteiger partial charge in [-0.1, -0.05) is 6.92 Å². The zero-order valence-corrected chi connectivity index (χ0v) is 11.6. The average molecular weight is 290 g/mol. The van der Waals surface area contributed by atoms with E-state index in [1.165, 1.54) is 6.20 Å². The van der Waals surface area contributed by atoms with Crippen molar-refractivity contribution in [2.45, 2.75) is 13.5 Å². The van der Waals surface area contributed by atoms with E-state index in [2.05, 4.69) is 10.3 Å². The van der Waals surface area contributed by atoms with Crippen molar-refractivity contribution in [3.05, 3.63) is 41.8 Å². The molecule has 1 aliphatic rings. The maximum atomic E-state index is 14.3. The van der Waals surface area contributed by atoms with Crippen LogP contribution in [0.15, 0.2) is 30.5 Å². The number of nitrogens with one attached hydrogen (secondary N) is 1. The molecule has 1 aromatic heterocycles. The smallest absolute Gasteiger partial charge is 0.256 e. The van der Waals surface area contributed by atoms with Crippen LogP contribution in [0.4, 0.5) is 4.39 Å². The number of ether oxygens (including phenoxy) is 3. The van der Waals surface area contributed by atoms with Gasteiger partial charge in [-0.05, 0) is 24.7 Å². The second kappa shape index (κ2) is 5.97. The zero-order chi connectivity index (χ0) is 14.7. The molecule has 0 saturated heterocycles. The Labute approximate surface area is 121 Å². The summed E-state index contributed by atoms with van der Waals surface area (Å²) in [5.74, 6) is 1.17. The summed E-state index contributed by atoms with van der Waals surface area (Å²) in [5.41, 5.74) is 0.516. The number of pyridine rings is 1. The Hall–Kier alpha value is -2.34. The summed E-state index contributed by atoms with van der Waals surface area (Å²) < 4.78 is 30.3. The first-order valence-electron chi connectivity index (χ1n) is 6.69. The van der Waals surface area contributed by atoms with Gasteiger partial charge < -0.3 is 19.5 Å². The van der Waals surface area contributed by atoms with Crippen LogP contribution in [0, 0.1) is 5.82 Å². The molecule has 0 fully saturated rings. The molecule has 0 amide bonds. The minimum atomic E-state index is -0.462. The molecule has 5 nitrogen and oxygen atoms in total. The van der Waals surface area contributed by atoms with Crippen LogP contribution < -0.4 is 19.5 Å². The Morgan fingerprint density at radius 1 is 1.29 bits per heavy atom. The minimum Gasteiger partial charge on any atom is -0.454 e. The standard InChI is InChI=1S/C15H15FN2O3/c1-2-17-8-10-5-6-18-15(14(10)16)21-11-3-4-12-13(7-11)20-9-19-12/h3-7,17H,2,8-9H2,1H3. The second-order valence-corrected chi connectivity index (χ2v) is 4.49. The van der Waals surface area contributed by atoms with Crippen LogP contribution in [-0.2, 0) is 6.54 Å². The molecular formula is C15H15FN2O3. The Bertz CT molecular complexity index is 649. The molecule has 110 valence electrons. The van der Waals surface area contributed by atoms with E-state index in [9.17, 15) is 4.39 Å². The van der Waals surface area contributed by atoms with E-state index in [0.29, 0.717) is 29.4 Å². The molecule has 0 atom stereocenters. The molecule has 0 saturated carbocycles. The fourth-order valence-electron chi connectivity index (χ4n) is 1.98. The Balaban J connectivity index is 1.81. The van der Waals surface area contributed by atoms with Crippen LogP contribution in [-0.4, -0.2) is 18.3 Å². The third-order valence-corrected chi connectivity index (χ3v) is 3.06. The molecule has 1 aromatic carbocycles. The maximum Gasteiger partial charge on any atom is 0.256 e. The molecule has 21 heavy (non-hydrogen) atoms. The Morgan fingerprint density at radius 2 is 2.14 bits per heavy atom. The van der Waals surface area contributed by atoms with Crippen molar-refractivity contribution < 1.29 is 18.6 Å². The monoisotopic (exact) mass is 290 g/mol. The van der Waals surface area contributed by atoms with Crippen molar-refractivity contribution >= 4 is 0 Å². The highest BCUT2D eigenvalue weighted by atomic mass is 19.1. The molecule has 0 unspecified atom stereocenters. The number of benzene rings is 1. The lowest BCUT2D eigenvalue weighted by Gasteiger charge is -2.09. The van der Waals surface area contributed by atoms with Crippen molar-refractivity contribution in [1.29, 1.82) is 0 Å².